The molecule has 0 radical (unpaired) electrons. The van der Waals surface area contributed by atoms with Crippen molar-refractivity contribution < 1.29 is 14.3 Å². The van der Waals surface area contributed by atoms with Crippen molar-refractivity contribution in [3.05, 3.63) is 34.9 Å². The molecule has 150 valence electrons. The highest BCUT2D eigenvalue weighted by molar-refractivity contribution is 9.10. The van der Waals surface area contributed by atoms with E-state index in [4.69, 9.17) is 4.74 Å². The monoisotopic (exact) mass is 447 g/mol. The Bertz CT molecular complexity index is 871. The van der Waals surface area contributed by atoms with Gasteiger partial charge in [0.2, 0.25) is 5.91 Å². The average Bonchev–Trinajstić information content (AvgIpc) is 2.60. The molecule has 0 saturated heterocycles. The number of aromatic nitrogens is 1. The molecule has 3 rings (SSSR count). The van der Waals surface area contributed by atoms with Crippen molar-refractivity contribution in [2.45, 2.75) is 58.1 Å². The third-order valence-electron chi connectivity index (χ3n) is 4.75. The van der Waals surface area contributed by atoms with Gasteiger partial charge in [-0.1, -0.05) is 22.0 Å². The van der Waals surface area contributed by atoms with E-state index in [0.717, 1.165) is 40.9 Å². The Hall–Kier alpha value is -2.15. The summed E-state index contributed by atoms with van der Waals surface area (Å²) in [4.78, 5) is 28.8. The van der Waals surface area contributed by atoms with Gasteiger partial charge in [0.05, 0.1) is 0 Å². The fourth-order valence-electron chi connectivity index (χ4n) is 3.38. The van der Waals surface area contributed by atoms with Crippen molar-refractivity contribution in [3.8, 4) is 0 Å². The lowest BCUT2D eigenvalue weighted by Crippen LogP contribution is -2.42. The lowest BCUT2D eigenvalue weighted by Gasteiger charge is -2.29. The quantitative estimate of drug-likeness (QED) is 0.691. The second-order valence-electron chi connectivity index (χ2n) is 8.25. The summed E-state index contributed by atoms with van der Waals surface area (Å²) in [7, 11) is 0. The van der Waals surface area contributed by atoms with Gasteiger partial charge in [-0.2, -0.15) is 0 Å². The van der Waals surface area contributed by atoms with Crippen molar-refractivity contribution in [1.82, 2.24) is 10.3 Å². The molecule has 1 saturated carbocycles. The maximum atomic E-state index is 12.6. The van der Waals surface area contributed by atoms with E-state index in [1.165, 1.54) is 0 Å². The third-order valence-corrected chi connectivity index (χ3v) is 5.25. The smallest absolute Gasteiger partial charge is 0.407 e. The number of rotatable bonds is 3. The van der Waals surface area contributed by atoms with Crippen LogP contribution >= 0.6 is 15.9 Å². The second-order valence-corrected chi connectivity index (χ2v) is 9.16. The standard InChI is InChI=1S/C21H26BrN3O3/c1-21(2,3)28-20(27)24-17-8-5-13(6-9-17)19(26)25-18-11-15-10-16(22)7-4-14(15)12-23-18/h4,7,10-13,17H,5-6,8-9H2,1-3H3,(H,24,27)(H,23,25,26)/t13-,17-. The number of pyridine rings is 1. The summed E-state index contributed by atoms with van der Waals surface area (Å²) < 4.78 is 6.28. The van der Waals surface area contributed by atoms with E-state index in [9.17, 15) is 9.59 Å². The highest BCUT2D eigenvalue weighted by atomic mass is 79.9. The number of anilines is 1. The molecule has 1 fully saturated rings. The van der Waals surface area contributed by atoms with E-state index in [1.54, 1.807) is 6.20 Å². The Morgan fingerprint density at radius 3 is 2.50 bits per heavy atom. The first-order chi connectivity index (χ1) is 13.2. The lowest BCUT2D eigenvalue weighted by atomic mass is 9.85. The van der Waals surface area contributed by atoms with Crippen LogP contribution in [0.3, 0.4) is 0 Å². The van der Waals surface area contributed by atoms with Crippen LogP contribution in [0.15, 0.2) is 34.9 Å². The van der Waals surface area contributed by atoms with E-state index in [2.05, 4.69) is 31.5 Å². The predicted molar refractivity (Wildman–Crippen MR) is 113 cm³/mol. The molecule has 0 bridgehead atoms. The zero-order valence-electron chi connectivity index (χ0n) is 16.4. The first kappa shape index (κ1) is 20.6. The van der Waals surface area contributed by atoms with Crippen molar-refractivity contribution >= 4 is 44.5 Å². The number of hydrogen-bond acceptors (Lipinski definition) is 4. The van der Waals surface area contributed by atoms with Crippen LogP contribution in [0.25, 0.3) is 10.8 Å². The first-order valence-corrected chi connectivity index (χ1v) is 10.3. The second kappa shape index (κ2) is 8.47. The van der Waals surface area contributed by atoms with Gasteiger partial charge < -0.3 is 15.4 Å². The summed E-state index contributed by atoms with van der Waals surface area (Å²) in [5.74, 6) is 0.471. The molecule has 1 heterocycles. The summed E-state index contributed by atoms with van der Waals surface area (Å²) in [5.41, 5.74) is -0.510. The fourth-order valence-corrected chi connectivity index (χ4v) is 3.76. The Balaban J connectivity index is 1.52. The van der Waals surface area contributed by atoms with Crippen molar-refractivity contribution in [3.63, 3.8) is 0 Å². The molecule has 0 spiro atoms. The van der Waals surface area contributed by atoms with Gasteiger partial charge in [0.15, 0.2) is 0 Å². The number of halogens is 1. The van der Waals surface area contributed by atoms with E-state index >= 15 is 0 Å². The maximum absolute atomic E-state index is 12.6. The van der Waals surface area contributed by atoms with E-state index in [0.29, 0.717) is 5.82 Å². The molecule has 0 aliphatic heterocycles. The minimum atomic E-state index is -0.510. The van der Waals surface area contributed by atoms with Gasteiger partial charge in [0.25, 0.3) is 0 Å². The molecule has 0 unspecified atom stereocenters. The summed E-state index contributed by atoms with van der Waals surface area (Å²) in [6.07, 6.45) is 4.34. The Kier molecular flexibility index (Phi) is 6.23. The zero-order chi connectivity index (χ0) is 20.3. The molecular weight excluding hydrogens is 422 g/mol. The number of carbonyl (C=O) groups is 2. The van der Waals surface area contributed by atoms with Crippen molar-refractivity contribution in [1.29, 1.82) is 0 Å². The van der Waals surface area contributed by atoms with Crippen LogP contribution < -0.4 is 10.6 Å². The van der Waals surface area contributed by atoms with Crippen molar-refractivity contribution in [2.24, 2.45) is 5.92 Å². The molecule has 2 amide bonds. The predicted octanol–water partition coefficient (Wildman–Crippen LogP) is 5.02. The van der Waals surface area contributed by atoms with Crippen LogP contribution in [0.1, 0.15) is 46.5 Å². The number of amides is 2. The number of hydrogen-bond donors (Lipinski definition) is 2. The van der Waals surface area contributed by atoms with Gasteiger partial charge in [0.1, 0.15) is 11.4 Å². The van der Waals surface area contributed by atoms with E-state index < -0.39 is 11.7 Å². The number of carbonyl (C=O) groups excluding carboxylic acids is 2. The zero-order valence-corrected chi connectivity index (χ0v) is 18.0. The van der Waals surface area contributed by atoms with E-state index in [1.807, 2.05) is 45.0 Å². The maximum Gasteiger partial charge on any atom is 0.407 e. The number of fused-ring (bicyclic) bond motifs is 1. The van der Waals surface area contributed by atoms with Gasteiger partial charge in [-0.25, -0.2) is 9.78 Å². The topological polar surface area (TPSA) is 80.3 Å². The highest BCUT2D eigenvalue weighted by Gasteiger charge is 2.28. The number of ether oxygens (including phenoxy) is 1. The van der Waals surface area contributed by atoms with Crippen LogP contribution in [0, 0.1) is 5.92 Å². The molecule has 0 atom stereocenters. The first-order valence-electron chi connectivity index (χ1n) is 9.55. The third kappa shape index (κ3) is 5.67. The van der Waals surface area contributed by atoms with Gasteiger partial charge in [-0.3, -0.25) is 4.79 Å². The fraction of sp³-hybridized carbons (Fsp3) is 0.476. The molecule has 2 aromatic rings. The number of nitrogens with one attached hydrogen (secondary N) is 2. The van der Waals surface area contributed by atoms with Crippen LogP contribution in [-0.2, 0) is 9.53 Å². The molecule has 1 aromatic carbocycles. The highest BCUT2D eigenvalue weighted by Crippen LogP contribution is 2.27. The Morgan fingerprint density at radius 1 is 1.11 bits per heavy atom. The number of benzene rings is 1. The van der Waals surface area contributed by atoms with Gasteiger partial charge in [-0.15, -0.1) is 0 Å². The minimum Gasteiger partial charge on any atom is -0.444 e. The summed E-state index contributed by atoms with van der Waals surface area (Å²) in [5, 5.41) is 7.87. The summed E-state index contributed by atoms with van der Waals surface area (Å²) in [6, 6.07) is 7.88. The van der Waals surface area contributed by atoms with Crippen LogP contribution in [-0.4, -0.2) is 28.6 Å². The largest absolute Gasteiger partial charge is 0.444 e. The van der Waals surface area contributed by atoms with Crippen LogP contribution in [0.4, 0.5) is 10.6 Å². The SMILES string of the molecule is CC(C)(C)OC(=O)N[C@H]1CC[C@H](C(=O)Nc2cc3cc(Br)ccc3cn2)CC1. The Labute approximate surface area is 173 Å². The lowest BCUT2D eigenvalue weighted by molar-refractivity contribution is -0.120. The molecule has 6 nitrogen and oxygen atoms in total. The molecular formula is C21H26BrN3O3. The van der Waals surface area contributed by atoms with Crippen LogP contribution in [0.2, 0.25) is 0 Å². The molecule has 1 aromatic heterocycles. The van der Waals surface area contributed by atoms with Gasteiger partial charge in [-0.05, 0) is 70.0 Å². The summed E-state index contributed by atoms with van der Waals surface area (Å²) in [6.45, 7) is 5.52. The van der Waals surface area contributed by atoms with Gasteiger partial charge >= 0.3 is 6.09 Å². The molecule has 1 aliphatic rings. The minimum absolute atomic E-state index is 0.0161. The summed E-state index contributed by atoms with van der Waals surface area (Å²) >= 11 is 3.46. The van der Waals surface area contributed by atoms with Crippen molar-refractivity contribution in [2.75, 3.05) is 5.32 Å². The van der Waals surface area contributed by atoms with Crippen LogP contribution in [0.5, 0.6) is 0 Å². The molecule has 28 heavy (non-hydrogen) atoms. The van der Waals surface area contributed by atoms with E-state index in [-0.39, 0.29) is 17.9 Å². The average molecular weight is 448 g/mol. The number of alkyl carbamates (subject to hydrolysis) is 1. The van der Waals surface area contributed by atoms with Gasteiger partial charge in [0, 0.05) is 28.0 Å². The number of nitrogens with zero attached hydrogens (tertiary/aromatic N) is 1. The normalized spacial score (nSPS) is 19.9. The Morgan fingerprint density at radius 2 is 1.82 bits per heavy atom. The molecule has 2 N–H and O–H groups in total. The molecule has 1 aliphatic carbocycles. The molecule has 7 heteroatoms.